The van der Waals surface area contributed by atoms with E-state index in [-0.39, 0.29) is 42.0 Å². The van der Waals surface area contributed by atoms with Gasteiger partial charge < -0.3 is 44.0 Å². The van der Waals surface area contributed by atoms with Crippen LogP contribution >= 0.6 is 0 Å². The summed E-state index contributed by atoms with van der Waals surface area (Å²) in [6.45, 7) is 13.8. The lowest BCUT2D eigenvalue weighted by Crippen LogP contribution is -2.57. The van der Waals surface area contributed by atoms with E-state index in [1.807, 2.05) is 13.0 Å². The molecule has 1 amide bonds. The Labute approximate surface area is 328 Å². The third kappa shape index (κ3) is 11.3. The first kappa shape index (κ1) is 45.2. The number of ether oxygens (including phenoxy) is 4. The number of carbonyl (C=O) groups excluding carboxylic acids is 4. The molecule has 0 aromatic carbocycles. The number of esters is 1. The van der Waals surface area contributed by atoms with Gasteiger partial charge in [0.2, 0.25) is 5.91 Å². The van der Waals surface area contributed by atoms with Crippen molar-refractivity contribution < 1.29 is 53.4 Å². The van der Waals surface area contributed by atoms with Gasteiger partial charge in [-0.15, -0.1) is 6.58 Å². The Morgan fingerprint density at radius 3 is 2.29 bits per heavy atom. The topological polar surface area (TPSA) is 169 Å². The minimum Gasteiger partial charge on any atom is -0.456 e. The zero-order valence-electron chi connectivity index (χ0n) is 34.3. The molecular weight excluding hydrogens is 706 g/mol. The molecule has 0 spiro atoms. The molecule has 0 aromatic rings. The lowest BCUT2D eigenvalue weighted by atomic mass is 9.78. The minimum absolute atomic E-state index is 0.0344. The number of methoxy groups -OCH3 is 2. The molecule has 2 unspecified atom stereocenters. The summed E-state index contributed by atoms with van der Waals surface area (Å²) in [4.78, 5) is 55.9. The van der Waals surface area contributed by atoms with Gasteiger partial charge in [-0.25, -0.2) is 4.79 Å². The summed E-state index contributed by atoms with van der Waals surface area (Å²) in [5.41, 5.74) is 0.713. The van der Waals surface area contributed by atoms with Crippen molar-refractivity contribution in [1.29, 1.82) is 0 Å². The normalized spacial score (nSPS) is 42.2. The second-order valence-electron chi connectivity index (χ2n) is 17.5. The van der Waals surface area contributed by atoms with E-state index >= 15 is 0 Å². The molecule has 4 aliphatic rings. The van der Waals surface area contributed by atoms with E-state index in [4.69, 9.17) is 18.9 Å². The first-order chi connectivity index (χ1) is 26.0. The first-order valence-electron chi connectivity index (χ1n) is 20.6. The number of allylic oxidation sites excluding steroid dienone is 2. The van der Waals surface area contributed by atoms with Crippen molar-refractivity contribution in [3.63, 3.8) is 0 Å². The second-order valence-corrected chi connectivity index (χ2v) is 17.5. The van der Waals surface area contributed by atoms with Crippen LogP contribution in [0, 0.1) is 41.4 Å². The van der Waals surface area contributed by atoms with Crippen molar-refractivity contribution in [1.82, 2.24) is 4.90 Å². The maximum atomic E-state index is 14.1. The molecular formula is C43H69NO11. The van der Waals surface area contributed by atoms with Crippen LogP contribution in [0.1, 0.15) is 112 Å². The number of carbonyl (C=O) groups is 4. The predicted octanol–water partition coefficient (Wildman–Crippen LogP) is 4.95. The number of ketones is 1. The number of hydrogen-bond donors (Lipinski definition) is 3. The molecule has 55 heavy (non-hydrogen) atoms. The first-order valence-corrected chi connectivity index (χ1v) is 20.6. The van der Waals surface area contributed by atoms with Crippen molar-refractivity contribution in [3.8, 4) is 0 Å². The highest BCUT2D eigenvalue weighted by Crippen LogP contribution is 2.41. The van der Waals surface area contributed by atoms with Crippen molar-refractivity contribution in [2.24, 2.45) is 41.4 Å². The molecule has 12 nitrogen and oxygen atoms in total. The number of Topliss-reactive ketones (excluding diaryl/α,β-unsaturated/α-hetero) is 1. The molecule has 3 heterocycles. The number of rotatable bonds is 7. The van der Waals surface area contributed by atoms with E-state index in [9.17, 15) is 34.5 Å². The van der Waals surface area contributed by atoms with Crippen LogP contribution in [0.4, 0.5) is 0 Å². The fourth-order valence-electron chi connectivity index (χ4n) is 9.78. The Morgan fingerprint density at radius 2 is 1.64 bits per heavy atom. The molecule has 4 rings (SSSR count). The van der Waals surface area contributed by atoms with E-state index in [0.717, 1.165) is 12.7 Å². The molecule has 0 aromatic heterocycles. The van der Waals surface area contributed by atoms with Crippen molar-refractivity contribution in [3.05, 3.63) is 24.3 Å². The van der Waals surface area contributed by atoms with Gasteiger partial charge in [0.1, 0.15) is 24.2 Å². The van der Waals surface area contributed by atoms with Crippen LogP contribution < -0.4 is 0 Å². The molecule has 2 bridgehead atoms. The standard InChI is InChI=1S/C43H69NO11/c1-9-11-31-17-25(2)16-26(3)18-38(53-8)41-32(24-45)20-28(5)43(51,55-41)23-39(49)44-15-10-12-33(44)42(50)54-40(29(6)35(47)22-36(31)48)27(4)19-30-13-14-34(46)37(21-30)52-7/h9,19,24-26,28-35,37-38,40-41,46-47,51H,1,10-18,20-23H2,2-8H3/b27-19+/t25?,26-,28+,29+,30-,31?,32+,33-,34+,35-,37+,38-,40+,41-,43-/m0/s1. The highest BCUT2D eigenvalue weighted by Gasteiger charge is 2.51. The zero-order chi connectivity index (χ0) is 40.6. The van der Waals surface area contributed by atoms with Gasteiger partial charge in [0, 0.05) is 50.9 Å². The van der Waals surface area contributed by atoms with Crippen LogP contribution in [0.5, 0.6) is 0 Å². The largest absolute Gasteiger partial charge is 0.456 e. The van der Waals surface area contributed by atoms with Gasteiger partial charge in [0.15, 0.2) is 5.79 Å². The average Bonchev–Trinajstić information content (AvgIpc) is 3.64. The summed E-state index contributed by atoms with van der Waals surface area (Å²) < 4.78 is 24.1. The Hall–Kier alpha value is -2.48. The van der Waals surface area contributed by atoms with Crippen LogP contribution in [0.3, 0.4) is 0 Å². The van der Waals surface area contributed by atoms with Crippen LogP contribution in [-0.2, 0) is 38.1 Å². The van der Waals surface area contributed by atoms with E-state index in [1.54, 1.807) is 34.1 Å². The summed E-state index contributed by atoms with van der Waals surface area (Å²) in [6, 6.07) is -0.919. The van der Waals surface area contributed by atoms with Gasteiger partial charge >= 0.3 is 5.97 Å². The summed E-state index contributed by atoms with van der Waals surface area (Å²) in [5, 5.41) is 34.1. The van der Waals surface area contributed by atoms with Gasteiger partial charge in [0.05, 0.1) is 36.9 Å². The molecule has 3 N–H and O–H groups in total. The summed E-state index contributed by atoms with van der Waals surface area (Å²) in [6.07, 6.45) is 5.27. The number of aldehydes is 1. The zero-order valence-corrected chi connectivity index (χ0v) is 34.3. The highest BCUT2D eigenvalue weighted by atomic mass is 16.6. The van der Waals surface area contributed by atoms with Crippen LogP contribution in [0.25, 0.3) is 0 Å². The van der Waals surface area contributed by atoms with E-state index < -0.39 is 78.4 Å². The molecule has 4 fully saturated rings. The maximum absolute atomic E-state index is 14.1. The van der Waals surface area contributed by atoms with Crippen LogP contribution in [-0.4, -0.2) is 113 Å². The van der Waals surface area contributed by atoms with Gasteiger partial charge in [-0.3, -0.25) is 9.59 Å². The van der Waals surface area contributed by atoms with Gasteiger partial charge in [-0.2, -0.15) is 0 Å². The average molecular weight is 776 g/mol. The molecule has 1 aliphatic carbocycles. The number of nitrogens with zero attached hydrogens (tertiary/aromatic N) is 1. The molecule has 0 radical (unpaired) electrons. The Morgan fingerprint density at radius 1 is 0.945 bits per heavy atom. The fraction of sp³-hybridized carbons (Fsp3) is 0.814. The lowest BCUT2D eigenvalue weighted by molar-refractivity contribution is -0.306. The van der Waals surface area contributed by atoms with Crippen LogP contribution in [0.15, 0.2) is 24.3 Å². The third-order valence-electron chi connectivity index (χ3n) is 13.1. The summed E-state index contributed by atoms with van der Waals surface area (Å²) in [7, 11) is 3.13. The SMILES string of the molecule is C=CCC1CC(C)C[C@H](C)C[C@H](OC)[C@H]2O[C@@](O)(CC(=O)N3CCC[C@H]3C(=O)O[C@H](/C(C)=C/[C@@H]3CC[C@@H](O)[C@H](OC)C3)[C@H](C)[C@@H](O)CC1=O)[C@H](C)C[C@@H]2C=O. The molecule has 3 aliphatic heterocycles. The number of fused-ring (bicyclic) bond motifs is 3. The quantitative estimate of drug-likeness (QED) is 0.182. The van der Waals surface area contributed by atoms with E-state index in [0.29, 0.717) is 69.9 Å². The molecule has 12 heteroatoms. The fourth-order valence-corrected chi connectivity index (χ4v) is 9.78. The van der Waals surface area contributed by atoms with Crippen molar-refractivity contribution in [2.45, 2.75) is 160 Å². The third-order valence-corrected chi connectivity index (χ3v) is 13.1. The predicted molar refractivity (Wildman–Crippen MR) is 206 cm³/mol. The molecule has 3 saturated heterocycles. The second kappa shape index (κ2) is 20.3. The van der Waals surface area contributed by atoms with Crippen molar-refractivity contribution in [2.75, 3.05) is 20.8 Å². The molecule has 1 saturated carbocycles. The Balaban J connectivity index is 1.70. The number of amides is 1. The van der Waals surface area contributed by atoms with Crippen LogP contribution in [0.2, 0.25) is 0 Å². The van der Waals surface area contributed by atoms with E-state index in [1.165, 1.54) is 4.90 Å². The summed E-state index contributed by atoms with van der Waals surface area (Å²) >= 11 is 0. The highest BCUT2D eigenvalue weighted by molar-refractivity contribution is 5.86. The van der Waals surface area contributed by atoms with E-state index in [2.05, 4.69) is 20.4 Å². The van der Waals surface area contributed by atoms with Crippen molar-refractivity contribution >= 4 is 23.9 Å². The number of aliphatic hydroxyl groups excluding tert-OH is 2. The lowest BCUT2D eigenvalue weighted by Gasteiger charge is -2.47. The maximum Gasteiger partial charge on any atom is 0.329 e. The minimum atomic E-state index is -1.89. The molecule has 312 valence electrons. The van der Waals surface area contributed by atoms with Gasteiger partial charge in [-0.1, -0.05) is 39.8 Å². The Bertz CT molecular complexity index is 1350. The Kier molecular flexibility index (Phi) is 16.7. The number of hydrogen-bond acceptors (Lipinski definition) is 11. The number of aliphatic hydroxyl groups is 3. The van der Waals surface area contributed by atoms with Gasteiger partial charge in [-0.05, 0) is 94.5 Å². The number of cyclic esters (lactones) is 1. The molecule has 15 atom stereocenters. The monoisotopic (exact) mass is 775 g/mol. The smallest absolute Gasteiger partial charge is 0.329 e. The van der Waals surface area contributed by atoms with Gasteiger partial charge in [0.25, 0.3) is 0 Å². The summed E-state index contributed by atoms with van der Waals surface area (Å²) in [5.74, 6) is -4.90.